The number of hydrogen-bond donors (Lipinski definition) is 1. The van der Waals surface area contributed by atoms with Gasteiger partial charge in [-0.3, -0.25) is 4.79 Å². The highest BCUT2D eigenvalue weighted by Gasteiger charge is 2.31. The van der Waals surface area contributed by atoms with Crippen LogP contribution in [0.4, 0.5) is 5.69 Å². The zero-order valence-electron chi connectivity index (χ0n) is 13.9. The van der Waals surface area contributed by atoms with Crippen molar-refractivity contribution in [1.82, 2.24) is 0 Å². The molecule has 0 saturated carbocycles. The molecule has 128 valence electrons. The van der Waals surface area contributed by atoms with Crippen LogP contribution < -0.4 is 15.4 Å². The summed E-state index contributed by atoms with van der Waals surface area (Å²) >= 11 is 0. The molecule has 5 heteroatoms. The lowest BCUT2D eigenvalue weighted by Gasteiger charge is -2.26. The molecule has 1 heterocycles. The van der Waals surface area contributed by atoms with Crippen molar-refractivity contribution in [3.8, 4) is 5.75 Å². The number of benzene rings is 2. The SMILES string of the molecule is COc1ccc2c(c1)CCN2C(=O)C(C)C(N)c1ccccc1.Cl. The molecule has 1 aliphatic rings. The van der Waals surface area contributed by atoms with Crippen molar-refractivity contribution >= 4 is 24.0 Å². The number of anilines is 1. The topological polar surface area (TPSA) is 55.6 Å². The van der Waals surface area contributed by atoms with Crippen molar-refractivity contribution in [2.75, 3.05) is 18.6 Å². The van der Waals surface area contributed by atoms with Crippen molar-refractivity contribution in [2.24, 2.45) is 11.7 Å². The summed E-state index contributed by atoms with van der Waals surface area (Å²) < 4.78 is 5.26. The highest BCUT2D eigenvalue weighted by molar-refractivity contribution is 5.97. The summed E-state index contributed by atoms with van der Waals surface area (Å²) in [5.74, 6) is 0.628. The molecule has 2 aromatic carbocycles. The molecule has 1 aliphatic heterocycles. The highest BCUT2D eigenvalue weighted by Crippen LogP contribution is 2.33. The van der Waals surface area contributed by atoms with E-state index in [2.05, 4.69) is 0 Å². The monoisotopic (exact) mass is 346 g/mol. The third kappa shape index (κ3) is 3.40. The molecule has 4 nitrogen and oxygen atoms in total. The van der Waals surface area contributed by atoms with E-state index >= 15 is 0 Å². The largest absolute Gasteiger partial charge is 0.497 e. The molecule has 2 unspecified atom stereocenters. The lowest BCUT2D eigenvalue weighted by Crippen LogP contribution is -2.38. The highest BCUT2D eigenvalue weighted by atomic mass is 35.5. The number of hydrogen-bond acceptors (Lipinski definition) is 3. The van der Waals surface area contributed by atoms with Crippen molar-refractivity contribution < 1.29 is 9.53 Å². The molecule has 2 atom stereocenters. The normalized spacial score (nSPS) is 15.2. The number of rotatable bonds is 4. The van der Waals surface area contributed by atoms with Crippen LogP contribution in [0.5, 0.6) is 5.75 Å². The maximum Gasteiger partial charge on any atom is 0.231 e. The predicted molar refractivity (Wildman–Crippen MR) is 98.8 cm³/mol. The fraction of sp³-hybridized carbons (Fsp3) is 0.316. The second-order valence-corrected chi connectivity index (χ2v) is 5.96. The summed E-state index contributed by atoms with van der Waals surface area (Å²) in [5.41, 5.74) is 9.42. The van der Waals surface area contributed by atoms with Gasteiger partial charge in [0.15, 0.2) is 0 Å². The number of nitrogens with zero attached hydrogens (tertiary/aromatic N) is 1. The third-order valence-corrected chi connectivity index (χ3v) is 4.56. The Balaban J connectivity index is 0.00000208. The Labute approximate surface area is 149 Å². The van der Waals surface area contributed by atoms with E-state index < -0.39 is 0 Å². The third-order valence-electron chi connectivity index (χ3n) is 4.56. The lowest BCUT2D eigenvalue weighted by atomic mass is 9.94. The summed E-state index contributed by atoms with van der Waals surface area (Å²) in [5, 5.41) is 0. The van der Waals surface area contributed by atoms with Crippen LogP contribution in [-0.4, -0.2) is 19.6 Å². The molecule has 2 N–H and O–H groups in total. The molecule has 0 radical (unpaired) electrons. The van der Waals surface area contributed by atoms with Gasteiger partial charge in [0.25, 0.3) is 0 Å². The molecule has 0 aromatic heterocycles. The van der Waals surface area contributed by atoms with Gasteiger partial charge in [-0.05, 0) is 35.7 Å². The first kappa shape index (κ1) is 18.3. The summed E-state index contributed by atoms with van der Waals surface area (Å²) in [6, 6.07) is 15.3. The van der Waals surface area contributed by atoms with E-state index in [0.29, 0.717) is 6.54 Å². The maximum atomic E-state index is 12.9. The predicted octanol–water partition coefficient (Wildman–Crippen LogP) is 3.34. The number of ether oxygens (including phenoxy) is 1. The van der Waals surface area contributed by atoms with Crippen LogP contribution in [0.15, 0.2) is 48.5 Å². The summed E-state index contributed by atoms with van der Waals surface area (Å²) in [6.07, 6.45) is 0.853. The quantitative estimate of drug-likeness (QED) is 0.923. The van der Waals surface area contributed by atoms with Crippen LogP contribution in [0.2, 0.25) is 0 Å². The van der Waals surface area contributed by atoms with Crippen LogP contribution >= 0.6 is 12.4 Å². The van der Waals surface area contributed by atoms with Gasteiger partial charge in [0.05, 0.1) is 13.0 Å². The van der Waals surface area contributed by atoms with Gasteiger partial charge < -0.3 is 15.4 Å². The second-order valence-electron chi connectivity index (χ2n) is 5.96. The van der Waals surface area contributed by atoms with Crippen molar-refractivity contribution in [3.63, 3.8) is 0 Å². The molecule has 2 aromatic rings. The number of nitrogens with two attached hydrogens (primary N) is 1. The Morgan fingerprint density at radius 2 is 1.92 bits per heavy atom. The van der Waals surface area contributed by atoms with Gasteiger partial charge >= 0.3 is 0 Å². The van der Waals surface area contributed by atoms with Gasteiger partial charge in [0, 0.05) is 18.3 Å². The molecule has 0 spiro atoms. The number of carbonyl (C=O) groups excluding carboxylic acids is 1. The number of fused-ring (bicyclic) bond motifs is 1. The standard InChI is InChI=1S/C19H22N2O2.ClH/c1-13(18(20)14-6-4-3-5-7-14)19(22)21-11-10-15-12-16(23-2)8-9-17(15)21;/h3-9,12-13,18H,10-11,20H2,1-2H3;1H. The van der Waals surface area contributed by atoms with Crippen LogP contribution in [0.3, 0.4) is 0 Å². The van der Waals surface area contributed by atoms with Gasteiger partial charge in [-0.25, -0.2) is 0 Å². The van der Waals surface area contributed by atoms with E-state index in [9.17, 15) is 4.79 Å². The minimum absolute atomic E-state index is 0. The van der Waals surface area contributed by atoms with E-state index in [0.717, 1.165) is 29.0 Å². The van der Waals surface area contributed by atoms with Gasteiger partial charge in [0.1, 0.15) is 5.75 Å². The Morgan fingerprint density at radius 3 is 2.58 bits per heavy atom. The van der Waals surface area contributed by atoms with E-state index in [1.54, 1.807) is 7.11 Å². The average Bonchev–Trinajstić information content (AvgIpc) is 3.03. The molecule has 0 saturated heterocycles. The van der Waals surface area contributed by atoms with Gasteiger partial charge in [-0.2, -0.15) is 0 Å². The minimum Gasteiger partial charge on any atom is -0.497 e. The Morgan fingerprint density at radius 1 is 1.21 bits per heavy atom. The summed E-state index contributed by atoms with van der Waals surface area (Å²) in [6.45, 7) is 2.61. The maximum absolute atomic E-state index is 12.9. The van der Waals surface area contributed by atoms with Crippen LogP contribution in [0, 0.1) is 5.92 Å². The Kier molecular flexibility index (Phi) is 5.86. The van der Waals surface area contributed by atoms with Crippen LogP contribution in [0.1, 0.15) is 24.1 Å². The van der Waals surface area contributed by atoms with E-state index in [1.807, 2.05) is 60.4 Å². The first-order valence-electron chi connectivity index (χ1n) is 7.90. The molecule has 0 aliphatic carbocycles. The average molecular weight is 347 g/mol. The second kappa shape index (κ2) is 7.69. The van der Waals surface area contributed by atoms with Crippen molar-refractivity contribution in [2.45, 2.75) is 19.4 Å². The number of halogens is 1. The number of methoxy groups -OCH3 is 1. The zero-order chi connectivity index (χ0) is 16.4. The van der Waals surface area contributed by atoms with Crippen LogP contribution in [0.25, 0.3) is 0 Å². The fourth-order valence-corrected chi connectivity index (χ4v) is 3.10. The smallest absolute Gasteiger partial charge is 0.231 e. The van der Waals surface area contributed by atoms with Crippen LogP contribution in [-0.2, 0) is 11.2 Å². The zero-order valence-corrected chi connectivity index (χ0v) is 14.8. The summed E-state index contributed by atoms with van der Waals surface area (Å²) in [4.78, 5) is 14.7. The van der Waals surface area contributed by atoms with Crippen molar-refractivity contribution in [1.29, 1.82) is 0 Å². The van der Waals surface area contributed by atoms with Gasteiger partial charge in [0.2, 0.25) is 5.91 Å². The van der Waals surface area contributed by atoms with Gasteiger partial charge in [-0.15, -0.1) is 12.4 Å². The molecular formula is C19H23ClN2O2. The van der Waals surface area contributed by atoms with Gasteiger partial charge in [-0.1, -0.05) is 37.3 Å². The van der Waals surface area contributed by atoms with E-state index in [4.69, 9.17) is 10.5 Å². The molecule has 1 amide bonds. The molecule has 24 heavy (non-hydrogen) atoms. The number of carbonyl (C=O) groups is 1. The first-order chi connectivity index (χ1) is 11.1. The molecule has 0 fully saturated rings. The minimum atomic E-state index is -0.300. The lowest BCUT2D eigenvalue weighted by molar-refractivity contribution is -0.122. The fourth-order valence-electron chi connectivity index (χ4n) is 3.10. The van der Waals surface area contributed by atoms with E-state index in [1.165, 1.54) is 0 Å². The Bertz CT molecular complexity index is 706. The van der Waals surface area contributed by atoms with Crippen molar-refractivity contribution in [3.05, 3.63) is 59.7 Å². The first-order valence-corrected chi connectivity index (χ1v) is 7.90. The number of amides is 1. The van der Waals surface area contributed by atoms with E-state index in [-0.39, 0.29) is 30.3 Å². The molecule has 0 bridgehead atoms. The summed E-state index contributed by atoms with van der Waals surface area (Å²) in [7, 11) is 1.65. The molecular weight excluding hydrogens is 324 g/mol. The Hall–Kier alpha value is -2.04. The molecule has 3 rings (SSSR count).